The van der Waals surface area contributed by atoms with Gasteiger partial charge in [0.1, 0.15) is 0 Å². The van der Waals surface area contributed by atoms with E-state index in [0.29, 0.717) is 15.6 Å². The Labute approximate surface area is 144 Å². The minimum Gasteiger partial charge on any atom is -0.322 e. The fraction of sp³-hybridized carbons (Fsp3) is 0.111. The number of rotatable bonds is 4. The van der Waals surface area contributed by atoms with Crippen LogP contribution in [0.5, 0.6) is 0 Å². The van der Waals surface area contributed by atoms with E-state index in [1.807, 2.05) is 32.0 Å². The summed E-state index contributed by atoms with van der Waals surface area (Å²) in [4.78, 5) is 24.0. The first-order valence-corrected chi connectivity index (χ1v) is 7.68. The van der Waals surface area contributed by atoms with E-state index < -0.39 is 0 Å². The van der Waals surface area contributed by atoms with Crippen LogP contribution in [0.4, 0.5) is 5.69 Å². The number of para-hydroxylation sites is 1. The monoisotopic (exact) mass is 347 g/mol. The maximum Gasteiger partial charge on any atom is 0.248 e. The first-order chi connectivity index (χ1) is 10.9. The summed E-state index contributed by atoms with van der Waals surface area (Å²) in [6, 6.07) is 10.3. The number of halogens is 2. The van der Waals surface area contributed by atoms with Gasteiger partial charge in [0.15, 0.2) is 5.78 Å². The van der Waals surface area contributed by atoms with Crippen LogP contribution in [-0.2, 0) is 4.79 Å². The van der Waals surface area contributed by atoms with Crippen molar-refractivity contribution in [1.82, 2.24) is 0 Å². The van der Waals surface area contributed by atoms with Crippen LogP contribution in [0.2, 0.25) is 10.0 Å². The Hall–Kier alpha value is -2.10. The summed E-state index contributed by atoms with van der Waals surface area (Å²) < 4.78 is 0. The number of aryl methyl sites for hydroxylation is 2. The Morgan fingerprint density at radius 3 is 2.09 bits per heavy atom. The lowest BCUT2D eigenvalue weighted by Crippen LogP contribution is -2.11. The molecule has 1 amide bonds. The van der Waals surface area contributed by atoms with Crippen LogP contribution in [0.25, 0.3) is 0 Å². The van der Waals surface area contributed by atoms with Gasteiger partial charge < -0.3 is 5.32 Å². The lowest BCUT2D eigenvalue weighted by molar-refractivity contribution is -0.111. The molecule has 0 saturated carbocycles. The molecule has 0 radical (unpaired) electrons. The highest BCUT2D eigenvalue weighted by Gasteiger charge is 2.07. The van der Waals surface area contributed by atoms with Gasteiger partial charge in [-0.25, -0.2) is 0 Å². The summed E-state index contributed by atoms with van der Waals surface area (Å²) in [5.41, 5.74) is 3.00. The molecule has 2 rings (SSSR count). The summed E-state index contributed by atoms with van der Waals surface area (Å²) in [5.74, 6) is -0.713. The number of hydrogen-bond donors (Lipinski definition) is 1. The van der Waals surface area contributed by atoms with Gasteiger partial charge in [-0.05, 0) is 49.2 Å². The van der Waals surface area contributed by atoms with Crippen molar-refractivity contribution >= 4 is 40.6 Å². The van der Waals surface area contributed by atoms with Crippen LogP contribution in [0.1, 0.15) is 21.5 Å². The third kappa shape index (κ3) is 4.68. The molecule has 0 aromatic heterocycles. The predicted octanol–water partition coefficient (Wildman–Crippen LogP) is 4.99. The van der Waals surface area contributed by atoms with Gasteiger partial charge in [-0.2, -0.15) is 0 Å². The van der Waals surface area contributed by atoms with Crippen LogP contribution in [0.15, 0.2) is 48.6 Å². The second kappa shape index (κ2) is 7.44. The van der Waals surface area contributed by atoms with Crippen molar-refractivity contribution in [2.75, 3.05) is 5.32 Å². The van der Waals surface area contributed by atoms with Crippen molar-refractivity contribution in [2.24, 2.45) is 0 Å². The summed E-state index contributed by atoms with van der Waals surface area (Å²) in [6.45, 7) is 3.82. The summed E-state index contributed by atoms with van der Waals surface area (Å²) in [6.07, 6.45) is 2.40. The Balaban J connectivity index is 2.10. The van der Waals surface area contributed by atoms with Crippen LogP contribution in [-0.4, -0.2) is 11.7 Å². The van der Waals surface area contributed by atoms with Crippen molar-refractivity contribution < 1.29 is 9.59 Å². The number of carbonyl (C=O) groups excluding carboxylic acids is 2. The van der Waals surface area contributed by atoms with Gasteiger partial charge in [-0.1, -0.05) is 41.4 Å². The maximum atomic E-state index is 12.1. The van der Waals surface area contributed by atoms with Gasteiger partial charge in [0.25, 0.3) is 0 Å². The zero-order chi connectivity index (χ0) is 17.0. The number of benzene rings is 2. The zero-order valence-electron chi connectivity index (χ0n) is 12.7. The van der Waals surface area contributed by atoms with E-state index >= 15 is 0 Å². The molecule has 1 N–H and O–H groups in total. The van der Waals surface area contributed by atoms with Crippen molar-refractivity contribution in [2.45, 2.75) is 13.8 Å². The number of amides is 1. The first-order valence-electron chi connectivity index (χ1n) is 6.92. The highest BCUT2D eigenvalue weighted by molar-refractivity contribution is 6.35. The summed E-state index contributed by atoms with van der Waals surface area (Å²) in [5, 5.41) is 3.52. The third-order valence-corrected chi connectivity index (χ3v) is 3.70. The second-order valence-corrected chi connectivity index (χ2v) is 5.98. The Bertz CT molecular complexity index is 757. The topological polar surface area (TPSA) is 46.2 Å². The van der Waals surface area contributed by atoms with E-state index in [4.69, 9.17) is 23.2 Å². The normalized spacial score (nSPS) is 10.8. The van der Waals surface area contributed by atoms with Gasteiger partial charge in [-0.3, -0.25) is 9.59 Å². The van der Waals surface area contributed by atoms with Crippen LogP contribution < -0.4 is 5.32 Å². The molecule has 0 unspecified atom stereocenters. The minimum absolute atomic E-state index is 0.332. The van der Waals surface area contributed by atoms with E-state index in [1.165, 1.54) is 30.4 Å². The molecule has 2 aromatic carbocycles. The van der Waals surface area contributed by atoms with E-state index in [-0.39, 0.29) is 11.7 Å². The molecule has 0 heterocycles. The number of allylic oxidation sites excluding steroid dienone is 1. The molecule has 118 valence electrons. The highest BCUT2D eigenvalue weighted by atomic mass is 35.5. The van der Waals surface area contributed by atoms with E-state index in [0.717, 1.165) is 16.8 Å². The van der Waals surface area contributed by atoms with Crippen molar-refractivity contribution in [3.63, 3.8) is 0 Å². The molecule has 0 aliphatic rings. The molecule has 5 heteroatoms. The predicted molar refractivity (Wildman–Crippen MR) is 94.5 cm³/mol. The second-order valence-electron chi connectivity index (χ2n) is 5.11. The Morgan fingerprint density at radius 2 is 1.52 bits per heavy atom. The molecule has 0 aliphatic carbocycles. The van der Waals surface area contributed by atoms with Crippen molar-refractivity contribution in [1.29, 1.82) is 0 Å². The van der Waals surface area contributed by atoms with Crippen molar-refractivity contribution in [3.8, 4) is 0 Å². The molecular weight excluding hydrogens is 333 g/mol. The first kappa shape index (κ1) is 17.3. The summed E-state index contributed by atoms with van der Waals surface area (Å²) >= 11 is 11.7. The van der Waals surface area contributed by atoms with E-state index in [1.54, 1.807) is 0 Å². The molecule has 3 nitrogen and oxygen atoms in total. The van der Waals surface area contributed by atoms with Gasteiger partial charge in [0.05, 0.1) is 0 Å². The average molecular weight is 348 g/mol. The quantitative estimate of drug-likeness (QED) is 0.625. The van der Waals surface area contributed by atoms with Crippen LogP contribution in [0, 0.1) is 13.8 Å². The number of ketones is 1. The van der Waals surface area contributed by atoms with Gasteiger partial charge >= 0.3 is 0 Å². The molecule has 0 saturated heterocycles. The number of nitrogens with one attached hydrogen (secondary N) is 1. The van der Waals surface area contributed by atoms with Gasteiger partial charge in [-0.15, -0.1) is 0 Å². The highest BCUT2D eigenvalue weighted by Crippen LogP contribution is 2.20. The Kier molecular flexibility index (Phi) is 5.59. The number of carbonyl (C=O) groups is 2. The lowest BCUT2D eigenvalue weighted by atomic mass is 10.1. The average Bonchev–Trinajstić information content (AvgIpc) is 2.47. The fourth-order valence-electron chi connectivity index (χ4n) is 2.12. The zero-order valence-corrected chi connectivity index (χ0v) is 14.2. The van der Waals surface area contributed by atoms with E-state index in [2.05, 4.69) is 5.32 Å². The van der Waals surface area contributed by atoms with Crippen LogP contribution in [0.3, 0.4) is 0 Å². The van der Waals surface area contributed by atoms with E-state index in [9.17, 15) is 9.59 Å². The standard InChI is InChI=1S/C18H15Cl2NO2/c1-11-4-3-5-12(2)18(11)21-17(23)7-6-16(22)13-8-14(19)10-15(20)9-13/h3-10H,1-2H3,(H,21,23). The lowest BCUT2D eigenvalue weighted by Gasteiger charge is -2.09. The van der Waals surface area contributed by atoms with Gasteiger partial charge in [0.2, 0.25) is 5.91 Å². The molecule has 0 bridgehead atoms. The van der Waals surface area contributed by atoms with Crippen LogP contribution >= 0.6 is 23.2 Å². The SMILES string of the molecule is Cc1cccc(C)c1NC(=O)C=CC(=O)c1cc(Cl)cc(Cl)c1. The van der Waals surface area contributed by atoms with Crippen molar-refractivity contribution in [3.05, 3.63) is 75.3 Å². The number of anilines is 1. The van der Waals surface area contributed by atoms with Gasteiger partial charge in [0, 0.05) is 27.4 Å². The molecule has 0 spiro atoms. The molecule has 0 aliphatic heterocycles. The molecular formula is C18H15Cl2NO2. The fourth-order valence-corrected chi connectivity index (χ4v) is 2.65. The molecule has 2 aromatic rings. The summed E-state index contributed by atoms with van der Waals surface area (Å²) in [7, 11) is 0. The Morgan fingerprint density at radius 1 is 0.957 bits per heavy atom. The molecule has 23 heavy (non-hydrogen) atoms. The third-order valence-electron chi connectivity index (χ3n) is 3.26. The largest absolute Gasteiger partial charge is 0.322 e. The minimum atomic E-state index is -0.371. The smallest absolute Gasteiger partial charge is 0.248 e. The molecule has 0 fully saturated rings. The maximum absolute atomic E-state index is 12.1. The molecule has 0 atom stereocenters. The number of hydrogen-bond acceptors (Lipinski definition) is 2.